The van der Waals surface area contributed by atoms with Crippen LogP contribution in [0.2, 0.25) is 0 Å². The van der Waals surface area contributed by atoms with Gasteiger partial charge in [0.2, 0.25) is 5.95 Å². The molecule has 3 rings (SSSR count). The number of halogens is 1. The van der Waals surface area contributed by atoms with Crippen molar-refractivity contribution in [1.29, 1.82) is 0 Å². The fourth-order valence-corrected chi connectivity index (χ4v) is 2.19. The number of rotatable bonds is 3. The molecule has 3 aromatic rings. The molecule has 6 nitrogen and oxygen atoms in total. The van der Waals surface area contributed by atoms with Gasteiger partial charge in [-0.2, -0.15) is 0 Å². The first kappa shape index (κ1) is 14.0. The Labute approximate surface area is 125 Å². The Hall–Kier alpha value is -2.96. The van der Waals surface area contributed by atoms with Crippen LogP contribution in [0.4, 0.5) is 10.3 Å². The first-order valence-corrected chi connectivity index (χ1v) is 6.68. The van der Waals surface area contributed by atoms with Crippen LogP contribution in [0.25, 0.3) is 10.9 Å². The average molecular weight is 299 g/mol. The molecule has 0 radical (unpaired) electrons. The zero-order valence-electron chi connectivity index (χ0n) is 12.1. The lowest BCUT2D eigenvalue weighted by Crippen LogP contribution is -2.30. The molecule has 0 atom stereocenters. The van der Waals surface area contributed by atoms with Crippen LogP contribution in [0.15, 0.2) is 30.3 Å². The lowest BCUT2D eigenvalue weighted by molar-refractivity contribution is 0.0958. The molecule has 3 N–H and O–H groups in total. The van der Waals surface area contributed by atoms with E-state index in [0.29, 0.717) is 22.5 Å². The highest BCUT2D eigenvalue weighted by molar-refractivity contribution is 5.98. The minimum atomic E-state index is -0.389. The lowest BCUT2D eigenvalue weighted by atomic mass is 10.2. The zero-order valence-corrected chi connectivity index (χ0v) is 12.1. The fourth-order valence-electron chi connectivity index (χ4n) is 2.19. The summed E-state index contributed by atoms with van der Waals surface area (Å²) >= 11 is 0. The van der Waals surface area contributed by atoms with Crippen LogP contribution in [-0.2, 0) is 0 Å². The van der Waals surface area contributed by atoms with Crippen molar-refractivity contribution in [3.05, 3.63) is 53.2 Å². The SMILES string of the molecule is Cc1cc(C)nc(NNC(=O)c2cc3cc(F)ccc3[nH]2)n1. The molecule has 0 aliphatic heterocycles. The fraction of sp³-hybridized carbons (Fsp3) is 0.133. The summed E-state index contributed by atoms with van der Waals surface area (Å²) in [7, 11) is 0. The van der Waals surface area contributed by atoms with Gasteiger partial charge in [-0.3, -0.25) is 15.6 Å². The van der Waals surface area contributed by atoms with E-state index in [4.69, 9.17) is 0 Å². The highest BCUT2D eigenvalue weighted by Gasteiger charge is 2.10. The van der Waals surface area contributed by atoms with Crippen LogP contribution in [0.3, 0.4) is 0 Å². The number of aromatic amines is 1. The van der Waals surface area contributed by atoms with Gasteiger partial charge in [0.25, 0.3) is 5.91 Å². The van der Waals surface area contributed by atoms with Crippen molar-refractivity contribution in [2.24, 2.45) is 0 Å². The molecular weight excluding hydrogens is 285 g/mol. The molecule has 1 aromatic carbocycles. The molecular formula is C15H14FN5O. The monoisotopic (exact) mass is 299 g/mol. The maximum Gasteiger partial charge on any atom is 0.286 e. The normalized spacial score (nSPS) is 10.7. The summed E-state index contributed by atoms with van der Waals surface area (Å²) in [5.74, 6) is -0.424. The van der Waals surface area contributed by atoms with Gasteiger partial charge in [0, 0.05) is 22.3 Å². The third-order valence-corrected chi connectivity index (χ3v) is 3.10. The van der Waals surface area contributed by atoms with Gasteiger partial charge >= 0.3 is 0 Å². The van der Waals surface area contributed by atoms with Crippen molar-refractivity contribution >= 4 is 22.8 Å². The van der Waals surface area contributed by atoms with Crippen molar-refractivity contribution < 1.29 is 9.18 Å². The molecule has 0 aliphatic carbocycles. The molecule has 2 aromatic heterocycles. The Morgan fingerprint density at radius 2 is 1.86 bits per heavy atom. The van der Waals surface area contributed by atoms with Gasteiger partial charge in [0.05, 0.1) is 0 Å². The van der Waals surface area contributed by atoms with E-state index in [0.717, 1.165) is 11.4 Å². The van der Waals surface area contributed by atoms with E-state index >= 15 is 0 Å². The molecule has 7 heteroatoms. The van der Waals surface area contributed by atoms with Gasteiger partial charge in [0.1, 0.15) is 11.5 Å². The summed E-state index contributed by atoms with van der Waals surface area (Å²) in [6, 6.07) is 7.70. The second kappa shape index (κ2) is 5.44. The molecule has 112 valence electrons. The van der Waals surface area contributed by atoms with Crippen molar-refractivity contribution in [2.75, 3.05) is 5.43 Å². The number of carbonyl (C=O) groups excluding carboxylic acids is 1. The largest absolute Gasteiger partial charge is 0.350 e. The molecule has 0 spiro atoms. The van der Waals surface area contributed by atoms with Gasteiger partial charge in [-0.05, 0) is 44.2 Å². The Morgan fingerprint density at radius 3 is 2.59 bits per heavy atom. The number of amides is 1. The first-order valence-electron chi connectivity index (χ1n) is 6.68. The van der Waals surface area contributed by atoms with Crippen LogP contribution in [0, 0.1) is 19.7 Å². The maximum atomic E-state index is 13.1. The number of fused-ring (bicyclic) bond motifs is 1. The number of nitrogens with zero attached hydrogens (tertiary/aromatic N) is 2. The zero-order chi connectivity index (χ0) is 15.7. The molecule has 0 unspecified atom stereocenters. The van der Waals surface area contributed by atoms with Crippen molar-refractivity contribution in [1.82, 2.24) is 20.4 Å². The highest BCUT2D eigenvalue weighted by atomic mass is 19.1. The van der Waals surface area contributed by atoms with Crippen LogP contribution in [0.5, 0.6) is 0 Å². The molecule has 0 bridgehead atoms. The smallest absolute Gasteiger partial charge is 0.286 e. The van der Waals surface area contributed by atoms with Crippen LogP contribution < -0.4 is 10.9 Å². The summed E-state index contributed by atoms with van der Waals surface area (Å²) in [6.07, 6.45) is 0. The number of hydrazine groups is 1. The number of aromatic nitrogens is 3. The summed E-state index contributed by atoms with van der Waals surface area (Å²) < 4.78 is 13.1. The van der Waals surface area contributed by atoms with E-state index in [9.17, 15) is 9.18 Å². The van der Waals surface area contributed by atoms with Crippen molar-refractivity contribution in [3.8, 4) is 0 Å². The average Bonchev–Trinajstić information content (AvgIpc) is 2.86. The van der Waals surface area contributed by atoms with E-state index in [1.54, 1.807) is 12.1 Å². The van der Waals surface area contributed by atoms with E-state index < -0.39 is 0 Å². The van der Waals surface area contributed by atoms with Crippen LogP contribution >= 0.6 is 0 Å². The van der Waals surface area contributed by atoms with Crippen LogP contribution in [0.1, 0.15) is 21.9 Å². The minimum Gasteiger partial charge on any atom is -0.350 e. The number of H-pyrrole nitrogens is 1. The number of carbonyl (C=O) groups is 1. The molecule has 0 saturated heterocycles. The summed E-state index contributed by atoms with van der Waals surface area (Å²) in [6.45, 7) is 3.68. The Kier molecular flexibility index (Phi) is 3.46. The maximum absolute atomic E-state index is 13.1. The number of hydrogen-bond acceptors (Lipinski definition) is 4. The number of aryl methyl sites for hydroxylation is 2. The van der Waals surface area contributed by atoms with E-state index in [1.807, 2.05) is 19.9 Å². The van der Waals surface area contributed by atoms with Gasteiger partial charge in [-0.25, -0.2) is 14.4 Å². The third kappa shape index (κ3) is 2.88. The summed E-state index contributed by atoms with van der Waals surface area (Å²) in [5, 5.41) is 0.632. The number of hydrogen-bond donors (Lipinski definition) is 3. The van der Waals surface area contributed by atoms with Gasteiger partial charge in [-0.1, -0.05) is 0 Å². The molecule has 0 fully saturated rings. The third-order valence-electron chi connectivity index (χ3n) is 3.10. The van der Waals surface area contributed by atoms with E-state index in [1.165, 1.54) is 12.1 Å². The predicted molar refractivity (Wildman–Crippen MR) is 80.9 cm³/mol. The number of nitrogens with one attached hydrogen (secondary N) is 3. The van der Waals surface area contributed by atoms with Gasteiger partial charge in [-0.15, -0.1) is 0 Å². The van der Waals surface area contributed by atoms with Gasteiger partial charge < -0.3 is 4.98 Å². The van der Waals surface area contributed by atoms with E-state index in [2.05, 4.69) is 25.8 Å². The molecule has 0 saturated carbocycles. The number of benzene rings is 1. The van der Waals surface area contributed by atoms with E-state index in [-0.39, 0.29) is 11.7 Å². The molecule has 1 amide bonds. The Bertz CT molecular complexity index is 838. The Balaban J connectivity index is 1.75. The summed E-state index contributed by atoms with van der Waals surface area (Å²) in [5.41, 5.74) is 7.77. The van der Waals surface area contributed by atoms with Crippen molar-refractivity contribution in [2.45, 2.75) is 13.8 Å². The van der Waals surface area contributed by atoms with Gasteiger partial charge in [0.15, 0.2) is 0 Å². The van der Waals surface area contributed by atoms with Crippen molar-refractivity contribution in [3.63, 3.8) is 0 Å². The lowest BCUT2D eigenvalue weighted by Gasteiger charge is -2.07. The minimum absolute atomic E-state index is 0.313. The standard InChI is InChI=1S/C15H14FN5O/c1-8-5-9(2)18-15(17-8)21-20-14(22)13-7-10-6-11(16)3-4-12(10)19-13/h3-7,19H,1-2H3,(H,20,22)(H,17,18,21). The predicted octanol–water partition coefficient (Wildman–Crippen LogP) is 2.47. The summed E-state index contributed by atoms with van der Waals surface area (Å²) in [4.78, 5) is 23.3. The Morgan fingerprint density at radius 1 is 1.14 bits per heavy atom. The second-order valence-electron chi connectivity index (χ2n) is 4.97. The number of anilines is 1. The molecule has 22 heavy (non-hydrogen) atoms. The quantitative estimate of drug-likeness (QED) is 0.649. The van der Waals surface area contributed by atoms with Crippen LogP contribution in [-0.4, -0.2) is 20.9 Å². The second-order valence-corrected chi connectivity index (χ2v) is 4.97. The topological polar surface area (TPSA) is 82.7 Å². The first-order chi connectivity index (χ1) is 10.5. The molecule has 0 aliphatic rings. The molecule has 2 heterocycles. The highest BCUT2D eigenvalue weighted by Crippen LogP contribution is 2.16.